The van der Waals surface area contributed by atoms with Gasteiger partial charge in [-0.25, -0.2) is 4.52 Å². The van der Waals surface area contributed by atoms with Gasteiger partial charge in [-0.05, 0) is 36.4 Å². The number of benzene rings is 1. The minimum atomic E-state index is -4.46. The zero-order valence-electron chi connectivity index (χ0n) is 11.4. The van der Waals surface area contributed by atoms with Crippen LogP contribution in [0.1, 0.15) is 15.9 Å². The minimum absolute atomic E-state index is 0.0250. The van der Waals surface area contributed by atoms with Crippen molar-refractivity contribution >= 4 is 17.5 Å². The monoisotopic (exact) mass is 322 g/mol. The average molecular weight is 322 g/mol. The van der Waals surface area contributed by atoms with E-state index < -0.39 is 17.6 Å². The van der Waals surface area contributed by atoms with Gasteiger partial charge >= 0.3 is 6.18 Å². The van der Waals surface area contributed by atoms with Crippen LogP contribution in [0.25, 0.3) is 5.65 Å². The Morgan fingerprint density at radius 1 is 1.13 bits per heavy atom. The molecule has 0 saturated carbocycles. The molecule has 0 atom stereocenters. The molecule has 0 saturated heterocycles. The first-order valence-corrected chi connectivity index (χ1v) is 6.37. The molecule has 0 aliphatic heterocycles. The van der Waals surface area contributed by atoms with Gasteiger partial charge in [0.05, 0.1) is 11.8 Å². The Labute approximate surface area is 127 Å². The Balaban J connectivity index is 1.80. The molecule has 1 amide bonds. The molecule has 0 spiro atoms. The number of hydrogen-bond donors (Lipinski definition) is 2. The number of aromatic nitrogens is 3. The van der Waals surface area contributed by atoms with Gasteiger partial charge in [0, 0.05) is 5.56 Å². The van der Waals surface area contributed by atoms with Gasteiger partial charge in [0.1, 0.15) is 5.75 Å². The van der Waals surface area contributed by atoms with Crippen molar-refractivity contribution in [2.24, 2.45) is 0 Å². The summed E-state index contributed by atoms with van der Waals surface area (Å²) in [6.07, 6.45) is -3.16. The molecule has 9 heteroatoms. The van der Waals surface area contributed by atoms with Crippen LogP contribution in [-0.2, 0) is 6.18 Å². The number of nitrogens with one attached hydrogen (secondary N) is 1. The quantitative estimate of drug-likeness (QED) is 0.760. The SMILES string of the molecule is O=C(Nc1nc2ccc(O)cn2n1)c1ccc(C(F)(F)F)cc1. The predicted octanol–water partition coefficient (Wildman–Crippen LogP) is 2.71. The number of nitrogens with zero attached hydrogens (tertiary/aromatic N) is 3. The van der Waals surface area contributed by atoms with Crippen LogP contribution in [0.3, 0.4) is 0 Å². The molecule has 0 fully saturated rings. The molecule has 2 heterocycles. The van der Waals surface area contributed by atoms with E-state index in [0.29, 0.717) is 5.65 Å². The van der Waals surface area contributed by atoms with Crippen LogP contribution in [0.5, 0.6) is 5.75 Å². The topological polar surface area (TPSA) is 79.5 Å². The van der Waals surface area contributed by atoms with Crippen LogP contribution < -0.4 is 5.32 Å². The second kappa shape index (κ2) is 5.27. The van der Waals surface area contributed by atoms with Crippen LogP contribution in [-0.4, -0.2) is 25.6 Å². The van der Waals surface area contributed by atoms with Crippen molar-refractivity contribution in [3.8, 4) is 5.75 Å². The number of rotatable bonds is 2. The average Bonchev–Trinajstić information content (AvgIpc) is 2.87. The third kappa shape index (κ3) is 3.07. The molecular weight excluding hydrogens is 313 g/mol. The van der Waals surface area contributed by atoms with Crippen LogP contribution in [0.4, 0.5) is 19.1 Å². The number of carbonyl (C=O) groups excluding carboxylic acids is 1. The van der Waals surface area contributed by atoms with Crippen LogP contribution in [0, 0.1) is 0 Å². The summed E-state index contributed by atoms with van der Waals surface area (Å²) in [7, 11) is 0. The molecule has 23 heavy (non-hydrogen) atoms. The number of halogens is 3. The maximum absolute atomic E-state index is 12.5. The third-order valence-electron chi connectivity index (χ3n) is 3.02. The maximum Gasteiger partial charge on any atom is 0.416 e. The zero-order chi connectivity index (χ0) is 16.6. The molecule has 0 radical (unpaired) electrons. The first-order valence-electron chi connectivity index (χ1n) is 6.37. The van der Waals surface area contributed by atoms with Crippen molar-refractivity contribution in [2.75, 3.05) is 5.32 Å². The van der Waals surface area contributed by atoms with Crippen LogP contribution >= 0.6 is 0 Å². The van der Waals surface area contributed by atoms with Crippen molar-refractivity contribution in [3.63, 3.8) is 0 Å². The van der Waals surface area contributed by atoms with E-state index in [1.807, 2.05) is 0 Å². The largest absolute Gasteiger partial charge is 0.506 e. The lowest BCUT2D eigenvalue weighted by Crippen LogP contribution is -2.14. The highest BCUT2D eigenvalue weighted by atomic mass is 19.4. The Morgan fingerprint density at radius 3 is 2.48 bits per heavy atom. The lowest BCUT2D eigenvalue weighted by atomic mass is 10.1. The molecule has 2 N–H and O–H groups in total. The van der Waals surface area contributed by atoms with E-state index in [4.69, 9.17) is 0 Å². The van der Waals surface area contributed by atoms with E-state index in [0.717, 1.165) is 24.3 Å². The van der Waals surface area contributed by atoms with Crippen molar-refractivity contribution < 1.29 is 23.1 Å². The first-order chi connectivity index (χ1) is 10.8. The van der Waals surface area contributed by atoms with Gasteiger partial charge in [0.25, 0.3) is 5.91 Å². The summed E-state index contributed by atoms with van der Waals surface area (Å²) >= 11 is 0. The standard InChI is InChI=1S/C14H9F3N4O2/c15-14(16,17)9-3-1-8(2-4-9)12(23)19-13-18-11-6-5-10(22)7-21(11)20-13/h1-7,22H,(H,19,20,23). The van der Waals surface area contributed by atoms with Crippen LogP contribution in [0.15, 0.2) is 42.6 Å². The number of anilines is 1. The fraction of sp³-hybridized carbons (Fsp3) is 0.0714. The lowest BCUT2D eigenvalue weighted by molar-refractivity contribution is -0.137. The van der Waals surface area contributed by atoms with Crippen molar-refractivity contribution in [1.29, 1.82) is 0 Å². The molecule has 1 aromatic carbocycles. The summed E-state index contributed by atoms with van der Waals surface area (Å²) < 4.78 is 38.7. The molecule has 0 bridgehead atoms. The van der Waals surface area contributed by atoms with E-state index in [1.54, 1.807) is 0 Å². The second-order valence-electron chi connectivity index (χ2n) is 4.65. The van der Waals surface area contributed by atoms with Gasteiger partial charge in [-0.15, -0.1) is 5.10 Å². The summed E-state index contributed by atoms with van der Waals surface area (Å²) in [6, 6.07) is 6.69. The molecule has 3 aromatic rings. The molecule has 6 nitrogen and oxygen atoms in total. The Hall–Kier alpha value is -3.10. The summed E-state index contributed by atoms with van der Waals surface area (Å²) in [5.41, 5.74) is -0.402. The van der Waals surface area contributed by atoms with Crippen molar-refractivity contribution in [3.05, 3.63) is 53.7 Å². The zero-order valence-corrected chi connectivity index (χ0v) is 11.4. The summed E-state index contributed by atoms with van der Waals surface area (Å²) in [5.74, 6) is -0.692. The number of fused-ring (bicyclic) bond motifs is 1. The highest BCUT2D eigenvalue weighted by Crippen LogP contribution is 2.29. The molecule has 0 aliphatic rings. The van der Waals surface area contributed by atoms with E-state index in [-0.39, 0.29) is 17.3 Å². The molecule has 118 valence electrons. The number of amides is 1. The number of hydrogen-bond acceptors (Lipinski definition) is 4. The molecular formula is C14H9F3N4O2. The molecule has 2 aromatic heterocycles. The highest BCUT2D eigenvalue weighted by Gasteiger charge is 2.30. The van der Waals surface area contributed by atoms with Gasteiger partial charge < -0.3 is 5.11 Å². The first kappa shape index (κ1) is 14.8. The molecule has 3 rings (SSSR count). The second-order valence-corrected chi connectivity index (χ2v) is 4.65. The van der Waals surface area contributed by atoms with E-state index >= 15 is 0 Å². The van der Waals surface area contributed by atoms with Gasteiger partial charge in [-0.1, -0.05) is 0 Å². The third-order valence-corrected chi connectivity index (χ3v) is 3.02. The van der Waals surface area contributed by atoms with Gasteiger partial charge in [-0.3, -0.25) is 10.1 Å². The summed E-state index contributed by atoms with van der Waals surface area (Å²) in [4.78, 5) is 16.0. The van der Waals surface area contributed by atoms with Crippen molar-refractivity contribution in [1.82, 2.24) is 14.6 Å². The number of alkyl halides is 3. The normalized spacial score (nSPS) is 11.6. The molecule has 0 aliphatic carbocycles. The number of aromatic hydroxyl groups is 1. The maximum atomic E-state index is 12.5. The van der Waals surface area contributed by atoms with E-state index in [2.05, 4.69) is 15.4 Å². The Kier molecular flexibility index (Phi) is 3.40. The van der Waals surface area contributed by atoms with Gasteiger partial charge in [0.15, 0.2) is 5.65 Å². The Morgan fingerprint density at radius 2 is 1.83 bits per heavy atom. The van der Waals surface area contributed by atoms with E-state index in [9.17, 15) is 23.1 Å². The fourth-order valence-electron chi connectivity index (χ4n) is 1.91. The fourth-order valence-corrected chi connectivity index (χ4v) is 1.91. The minimum Gasteiger partial charge on any atom is -0.506 e. The summed E-state index contributed by atoms with van der Waals surface area (Å²) in [5, 5.41) is 15.6. The number of pyridine rings is 1. The molecule has 0 unspecified atom stereocenters. The van der Waals surface area contributed by atoms with Gasteiger partial charge in [0.2, 0.25) is 5.95 Å². The van der Waals surface area contributed by atoms with Gasteiger partial charge in [-0.2, -0.15) is 18.2 Å². The smallest absolute Gasteiger partial charge is 0.416 e. The van der Waals surface area contributed by atoms with E-state index in [1.165, 1.54) is 22.8 Å². The predicted molar refractivity (Wildman–Crippen MR) is 74.0 cm³/mol. The number of carbonyl (C=O) groups is 1. The summed E-state index contributed by atoms with van der Waals surface area (Å²) in [6.45, 7) is 0. The Bertz CT molecular complexity index is 872. The van der Waals surface area contributed by atoms with Crippen LogP contribution in [0.2, 0.25) is 0 Å². The highest BCUT2D eigenvalue weighted by molar-refractivity contribution is 6.03. The lowest BCUT2D eigenvalue weighted by Gasteiger charge is -2.07. The van der Waals surface area contributed by atoms with Crippen molar-refractivity contribution in [2.45, 2.75) is 6.18 Å².